The Labute approximate surface area is 148 Å². The summed E-state index contributed by atoms with van der Waals surface area (Å²) in [5.41, 5.74) is 7.73. The lowest BCUT2D eigenvalue weighted by atomic mass is 10.3. The molecule has 0 atom stereocenters. The van der Waals surface area contributed by atoms with Crippen LogP contribution in [0.1, 0.15) is 19.8 Å². The van der Waals surface area contributed by atoms with Crippen molar-refractivity contribution in [2.24, 2.45) is 0 Å². The van der Waals surface area contributed by atoms with E-state index in [1.54, 1.807) is 0 Å². The van der Waals surface area contributed by atoms with E-state index in [2.05, 4.69) is 27.1 Å². The van der Waals surface area contributed by atoms with Gasteiger partial charge in [-0.15, -0.1) is 0 Å². The summed E-state index contributed by atoms with van der Waals surface area (Å²) in [5.74, 6) is 2.22. The van der Waals surface area contributed by atoms with Crippen LogP contribution in [-0.4, -0.2) is 42.9 Å². The van der Waals surface area contributed by atoms with Gasteiger partial charge in [0.25, 0.3) is 0 Å². The van der Waals surface area contributed by atoms with E-state index in [4.69, 9.17) is 15.2 Å². The molecular weight excluding hydrogens is 318 g/mol. The van der Waals surface area contributed by atoms with Crippen LogP contribution >= 0.6 is 0 Å². The van der Waals surface area contributed by atoms with Crippen molar-refractivity contribution in [1.29, 1.82) is 0 Å². The number of rotatable bonds is 7. The summed E-state index contributed by atoms with van der Waals surface area (Å²) in [5, 5.41) is 3.26. The standard InChI is InChI=1S/C18H25N5O2/c1-2-3-10-25-15-6-4-14(5-7-15)22-17-16(19)18(21-13-20-17)23-8-11-24-12-9-23/h4-7,13H,2-3,8-12,19H2,1H3,(H,20,21,22). The third-order valence-corrected chi connectivity index (χ3v) is 4.06. The van der Waals surface area contributed by atoms with Crippen molar-refractivity contribution in [3.63, 3.8) is 0 Å². The molecule has 134 valence electrons. The molecule has 0 radical (unpaired) electrons. The summed E-state index contributed by atoms with van der Waals surface area (Å²) in [4.78, 5) is 10.7. The topological polar surface area (TPSA) is 85.5 Å². The summed E-state index contributed by atoms with van der Waals surface area (Å²) in [6.07, 6.45) is 3.71. The predicted molar refractivity (Wildman–Crippen MR) is 99.6 cm³/mol. The first-order chi connectivity index (χ1) is 12.3. The average molecular weight is 343 g/mol. The predicted octanol–water partition coefficient (Wildman–Crippen LogP) is 2.82. The third-order valence-electron chi connectivity index (χ3n) is 4.06. The number of nitrogens with one attached hydrogen (secondary N) is 1. The van der Waals surface area contributed by atoms with Crippen LogP contribution < -0.4 is 20.7 Å². The molecule has 1 aliphatic heterocycles. The number of morpholine rings is 1. The fourth-order valence-electron chi connectivity index (χ4n) is 2.62. The highest BCUT2D eigenvalue weighted by atomic mass is 16.5. The Morgan fingerprint density at radius 1 is 1.20 bits per heavy atom. The van der Waals surface area contributed by atoms with Crippen molar-refractivity contribution in [3.8, 4) is 5.75 Å². The van der Waals surface area contributed by atoms with Crippen molar-refractivity contribution in [1.82, 2.24) is 9.97 Å². The largest absolute Gasteiger partial charge is 0.494 e. The summed E-state index contributed by atoms with van der Waals surface area (Å²) in [6, 6.07) is 7.80. The van der Waals surface area contributed by atoms with E-state index >= 15 is 0 Å². The lowest BCUT2D eigenvalue weighted by Crippen LogP contribution is -2.37. The average Bonchev–Trinajstić information content (AvgIpc) is 2.66. The molecule has 0 bridgehead atoms. The van der Waals surface area contributed by atoms with Gasteiger partial charge in [0.15, 0.2) is 11.6 Å². The van der Waals surface area contributed by atoms with Crippen LogP contribution in [0.3, 0.4) is 0 Å². The van der Waals surface area contributed by atoms with Gasteiger partial charge in [0.2, 0.25) is 0 Å². The molecule has 7 nitrogen and oxygen atoms in total. The number of anilines is 4. The zero-order chi connectivity index (χ0) is 17.5. The maximum atomic E-state index is 6.28. The number of aromatic nitrogens is 2. The third kappa shape index (κ3) is 4.51. The minimum atomic E-state index is 0.549. The van der Waals surface area contributed by atoms with Crippen molar-refractivity contribution >= 4 is 23.0 Å². The maximum Gasteiger partial charge on any atom is 0.159 e. The van der Waals surface area contributed by atoms with Crippen LogP contribution in [0.2, 0.25) is 0 Å². The summed E-state index contributed by atoms with van der Waals surface area (Å²) < 4.78 is 11.1. The van der Waals surface area contributed by atoms with Gasteiger partial charge in [-0.2, -0.15) is 0 Å². The summed E-state index contributed by atoms with van der Waals surface area (Å²) in [7, 11) is 0. The Balaban J connectivity index is 1.68. The van der Waals surface area contributed by atoms with Gasteiger partial charge in [0.05, 0.1) is 19.8 Å². The molecule has 1 aliphatic rings. The van der Waals surface area contributed by atoms with Gasteiger partial charge < -0.3 is 25.4 Å². The molecule has 3 rings (SSSR count). The minimum Gasteiger partial charge on any atom is -0.494 e. The Hall–Kier alpha value is -2.54. The Morgan fingerprint density at radius 2 is 1.96 bits per heavy atom. The monoisotopic (exact) mass is 343 g/mol. The molecule has 1 aromatic carbocycles. The van der Waals surface area contributed by atoms with Crippen LogP contribution in [0, 0.1) is 0 Å². The van der Waals surface area contributed by atoms with E-state index < -0.39 is 0 Å². The normalized spacial score (nSPS) is 14.4. The lowest BCUT2D eigenvalue weighted by Gasteiger charge is -2.29. The van der Waals surface area contributed by atoms with Gasteiger partial charge in [0.1, 0.15) is 17.8 Å². The number of ether oxygens (including phenoxy) is 2. The van der Waals surface area contributed by atoms with Crippen molar-refractivity contribution in [2.45, 2.75) is 19.8 Å². The molecule has 25 heavy (non-hydrogen) atoms. The van der Waals surface area contributed by atoms with E-state index in [1.807, 2.05) is 24.3 Å². The van der Waals surface area contributed by atoms with E-state index in [1.165, 1.54) is 6.33 Å². The Kier molecular flexibility index (Phi) is 5.90. The molecule has 0 saturated carbocycles. The second kappa shape index (κ2) is 8.53. The maximum absolute atomic E-state index is 6.28. The first-order valence-electron chi connectivity index (χ1n) is 8.71. The molecule has 0 spiro atoms. The van der Waals surface area contributed by atoms with E-state index in [9.17, 15) is 0 Å². The fraction of sp³-hybridized carbons (Fsp3) is 0.444. The van der Waals surface area contributed by atoms with Crippen LogP contribution in [0.5, 0.6) is 5.75 Å². The molecule has 0 aliphatic carbocycles. The number of unbranched alkanes of at least 4 members (excludes halogenated alkanes) is 1. The van der Waals surface area contributed by atoms with Crippen LogP contribution in [-0.2, 0) is 4.74 Å². The summed E-state index contributed by atoms with van der Waals surface area (Å²) in [6.45, 7) is 5.82. The number of hydrogen-bond acceptors (Lipinski definition) is 7. The molecule has 1 aromatic heterocycles. The quantitative estimate of drug-likeness (QED) is 0.748. The van der Waals surface area contributed by atoms with Gasteiger partial charge in [-0.3, -0.25) is 0 Å². The molecule has 1 saturated heterocycles. The van der Waals surface area contributed by atoms with Crippen molar-refractivity contribution in [3.05, 3.63) is 30.6 Å². The Morgan fingerprint density at radius 3 is 2.68 bits per heavy atom. The molecule has 2 aromatic rings. The number of nitrogens with two attached hydrogens (primary N) is 1. The zero-order valence-corrected chi connectivity index (χ0v) is 14.6. The van der Waals surface area contributed by atoms with Gasteiger partial charge in [-0.25, -0.2) is 9.97 Å². The Bertz CT molecular complexity index is 672. The summed E-state index contributed by atoms with van der Waals surface area (Å²) >= 11 is 0. The molecule has 7 heteroatoms. The highest BCUT2D eigenvalue weighted by Gasteiger charge is 2.17. The van der Waals surface area contributed by atoms with Crippen molar-refractivity contribution in [2.75, 3.05) is 48.9 Å². The molecule has 1 fully saturated rings. The van der Waals surface area contributed by atoms with E-state index in [0.717, 1.165) is 49.8 Å². The highest BCUT2D eigenvalue weighted by molar-refractivity contribution is 5.78. The van der Waals surface area contributed by atoms with Crippen LogP contribution in [0.25, 0.3) is 0 Å². The molecule has 0 unspecified atom stereocenters. The molecule has 3 N–H and O–H groups in total. The molecular formula is C18H25N5O2. The van der Waals surface area contributed by atoms with Crippen LogP contribution in [0.4, 0.5) is 23.0 Å². The van der Waals surface area contributed by atoms with Crippen LogP contribution in [0.15, 0.2) is 30.6 Å². The van der Waals surface area contributed by atoms with Gasteiger partial charge in [-0.1, -0.05) is 13.3 Å². The minimum absolute atomic E-state index is 0.549. The van der Waals surface area contributed by atoms with E-state index in [-0.39, 0.29) is 0 Å². The van der Waals surface area contributed by atoms with Gasteiger partial charge in [0, 0.05) is 18.8 Å². The number of benzene rings is 1. The first kappa shape index (κ1) is 17.3. The van der Waals surface area contributed by atoms with Crippen molar-refractivity contribution < 1.29 is 9.47 Å². The zero-order valence-electron chi connectivity index (χ0n) is 14.6. The molecule has 0 amide bonds. The lowest BCUT2D eigenvalue weighted by molar-refractivity contribution is 0.122. The molecule has 2 heterocycles. The first-order valence-corrected chi connectivity index (χ1v) is 8.71. The highest BCUT2D eigenvalue weighted by Crippen LogP contribution is 2.29. The fourth-order valence-corrected chi connectivity index (χ4v) is 2.62. The van der Waals surface area contributed by atoms with Gasteiger partial charge in [-0.05, 0) is 30.7 Å². The van der Waals surface area contributed by atoms with Gasteiger partial charge >= 0.3 is 0 Å². The van der Waals surface area contributed by atoms with E-state index in [0.29, 0.717) is 24.7 Å². The SMILES string of the molecule is CCCCOc1ccc(Nc2ncnc(N3CCOCC3)c2N)cc1. The number of nitrogen functional groups attached to an aromatic ring is 1. The second-order valence-corrected chi connectivity index (χ2v) is 5.91. The smallest absolute Gasteiger partial charge is 0.159 e. The number of nitrogens with zero attached hydrogens (tertiary/aromatic N) is 3. The second-order valence-electron chi connectivity index (χ2n) is 5.91. The number of hydrogen-bond donors (Lipinski definition) is 2.